The van der Waals surface area contributed by atoms with Crippen molar-refractivity contribution in [2.75, 3.05) is 45.1 Å². The average molecular weight is 752 g/mol. The summed E-state index contributed by atoms with van der Waals surface area (Å²) in [6.07, 6.45) is 9.35. The van der Waals surface area contributed by atoms with Gasteiger partial charge in [0.15, 0.2) is 0 Å². The molecule has 286 valence electrons. The van der Waals surface area contributed by atoms with Crippen molar-refractivity contribution in [1.29, 1.82) is 0 Å². The molecule has 2 bridgehead atoms. The zero-order valence-corrected chi connectivity index (χ0v) is 30.8. The van der Waals surface area contributed by atoms with Gasteiger partial charge in [0.05, 0.1) is 41.4 Å². The van der Waals surface area contributed by atoms with Crippen LogP contribution in [0.3, 0.4) is 0 Å². The van der Waals surface area contributed by atoms with Crippen LogP contribution in [0.15, 0.2) is 47.3 Å². The van der Waals surface area contributed by atoms with Gasteiger partial charge in [0.25, 0.3) is 11.5 Å². The molecule has 13 nitrogen and oxygen atoms in total. The minimum atomic E-state index is -0.608. The lowest BCUT2D eigenvalue weighted by molar-refractivity contribution is -0.151. The second-order valence-electron chi connectivity index (χ2n) is 15.0. The summed E-state index contributed by atoms with van der Waals surface area (Å²) in [6.45, 7) is 2.02. The Hall–Kier alpha value is -3.89. The molecule has 3 aliphatic heterocycles. The summed E-state index contributed by atoms with van der Waals surface area (Å²) < 4.78 is 24.3. The maximum absolute atomic E-state index is 15.0. The average Bonchev–Trinajstić information content (AvgIpc) is 3.19. The maximum atomic E-state index is 15.0. The highest BCUT2D eigenvalue weighted by atomic mass is 32.2. The van der Waals surface area contributed by atoms with Gasteiger partial charge in [0.1, 0.15) is 5.82 Å². The predicted octanol–water partition coefficient (Wildman–Crippen LogP) is 2.46. The summed E-state index contributed by atoms with van der Waals surface area (Å²) >= 11 is 1.40. The standard InChI is InChI=1S/C38H48FN7O5S.H2O/c39-30-11-10-25(21-31-27-8-4-5-9-28(27)34(48)43-42-31)20-29(30)36(50)46-18-16-45(17-19-46)32(47)22-41-37-12-14-38(15-13-37,51-23-37)24-52-44-35(49)33(40)26-6-2-1-3-7-26;/h4-5,8-11,20,26,33,41H,1-3,6-7,12-19,21-24,40H2,(H,43,48)(H,44,49);1H2. The van der Waals surface area contributed by atoms with E-state index in [1.807, 2.05) is 12.1 Å². The molecule has 7 N–H and O–H groups in total. The van der Waals surface area contributed by atoms with E-state index < -0.39 is 17.8 Å². The summed E-state index contributed by atoms with van der Waals surface area (Å²) in [6, 6.07) is 11.2. The quantitative estimate of drug-likeness (QED) is 0.213. The third-order valence-electron chi connectivity index (χ3n) is 11.7. The number of benzene rings is 2. The molecule has 3 saturated heterocycles. The topological polar surface area (TPSA) is 194 Å². The summed E-state index contributed by atoms with van der Waals surface area (Å²) in [5.74, 6) is -0.215. The number of rotatable bonds is 11. The van der Waals surface area contributed by atoms with Crippen molar-refractivity contribution >= 4 is 40.4 Å². The molecule has 3 aromatic rings. The number of amides is 3. The maximum Gasteiger partial charge on any atom is 0.272 e. The highest BCUT2D eigenvalue weighted by molar-refractivity contribution is 7.98. The zero-order chi connectivity index (χ0) is 36.3. The summed E-state index contributed by atoms with van der Waals surface area (Å²) in [5, 5.41) is 11.5. The van der Waals surface area contributed by atoms with Gasteiger partial charge in [-0.1, -0.05) is 43.5 Å². The van der Waals surface area contributed by atoms with Crippen molar-refractivity contribution in [2.24, 2.45) is 11.7 Å². The Labute approximate surface area is 312 Å². The van der Waals surface area contributed by atoms with Crippen LogP contribution in [0.4, 0.5) is 4.39 Å². The van der Waals surface area contributed by atoms with Crippen LogP contribution in [0.25, 0.3) is 10.8 Å². The third kappa shape index (κ3) is 8.59. The molecule has 4 heterocycles. The van der Waals surface area contributed by atoms with Crippen LogP contribution in [-0.2, 0) is 20.7 Å². The number of carbonyl (C=O) groups is 3. The van der Waals surface area contributed by atoms with E-state index in [0.29, 0.717) is 67.0 Å². The van der Waals surface area contributed by atoms with Crippen molar-refractivity contribution in [3.8, 4) is 0 Å². The number of nitrogens with one attached hydrogen (secondary N) is 3. The van der Waals surface area contributed by atoms with E-state index in [0.717, 1.165) is 51.4 Å². The molecular formula is C38H50FN7O6S. The molecule has 3 amide bonds. The Bertz CT molecular complexity index is 1840. The Balaban J connectivity index is 0.00000481. The van der Waals surface area contributed by atoms with E-state index in [9.17, 15) is 23.6 Å². The van der Waals surface area contributed by atoms with E-state index in [-0.39, 0.29) is 52.0 Å². The third-order valence-corrected chi connectivity index (χ3v) is 12.7. The van der Waals surface area contributed by atoms with Crippen molar-refractivity contribution in [1.82, 2.24) is 30.0 Å². The van der Waals surface area contributed by atoms with E-state index in [4.69, 9.17) is 10.5 Å². The molecule has 5 aliphatic rings. The Kier molecular flexibility index (Phi) is 12.2. The highest BCUT2D eigenvalue weighted by Crippen LogP contribution is 2.45. The van der Waals surface area contributed by atoms with Gasteiger partial charge in [-0.15, -0.1) is 0 Å². The number of ether oxygens (including phenoxy) is 1. The number of aromatic nitrogens is 2. The number of hydrogen-bond donors (Lipinski definition) is 4. The van der Waals surface area contributed by atoms with E-state index in [1.54, 1.807) is 34.1 Å². The van der Waals surface area contributed by atoms with Gasteiger partial charge < -0.3 is 31.1 Å². The largest absolute Gasteiger partial charge is 0.412 e. The molecule has 1 unspecified atom stereocenters. The number of carbonyl (C=O) groups excluding carboxylic acids is 3. The van der Waals surface area contributed by atoms with Gasteiger partial charge in [-0.05, 0) is 80.2 Å². The summed E-state index contributed by atoms with van der Waals surface area (Å²) in [5.41, 5.74) is 6.74. The first kappa shape index (κ1) is 38.8. The first-order valence-electron chi connectivity index (χ1n) is 18.5. The van der Waals surface area contributed by atoms with Crippen LogP contribution in [0.5, 0.6) is 0 Å². The molecule has 1 atom stereocenters. The molecule has 1 aromatic heterocycles. The second-order valence-corrected chi connectivity index (χ2v) is 15.8. The Morgan fingerprint density at radius 1 is 1.00 bits per heavy atom. The van der Waals surface area contributed by atoms with Crippen LogP contribution < -0.4 is 21.3 Å². The number of nitrogens with zero attached hydrogens (tertiary/aromatic N) is 3. The minimum absolute atomic E-state index is 0. The van der Waals surface area contributed by atoms with Crippen LogP contribution in [0.1, 0.15) is 79.4 Å². The number of piperazine rings is 1. The lowest BCUT2D eigenvalue weighted by Crippen LogP contribution is -2.64. The van der Waals surface area contributed by atoms with Gasteiger partial charge in [-0.2, -0.15) is 5.10 Å². The normalized spacial score (nSPS) is 23.7. The second kappa shape index (κ2) is 16.6. The number of nitrogens with two attached hydrogens (primary N) is 1. The molecular weight excluding hydrogens is 702 g/mol. The Morgan fingerprint density at radius 3 is 2.40 bits per heavy atom. The molecule has 0 radical (unpaired) electrons. The smallest absolute Gasteiger partial charge is 0.272 e. The SMILES string of the molecule is NC(C(=O)NSCC12CCC(NCC(=O)N3CCN(C(=O)c4cc(Cc5n[nH]c(=O)c6ccccc56)ccc4F)CC3)(CC1)CO2)C1CCCCC1.O. The first-order chi connectivity index (χ1) is 25.1. The van der Waals surface area contributed by atoms with E-state index in [1.165, 1.54) is 24.4 Å². The predicted molar refractivity (Wildman–Crippen MR) is 201 cm³/mol. The monoisotopic (exact) mass is 751 g/mol. The fourth-order valence-corrected chi connectivity index (χ4v) is 9.23. The number of aromatic amines is 1. The van der Waals surface area contributed by atoms with Crippen LogP contribution in [0.2, 0.25) is 0 Å². The van der Waals surface area contributed by atoms with Crippen molar-refractivity contribution in [2.45, 2.75) is 81.4 Å². The number of hydrogen-bond acceptors (Lipinski definition) is 9. The lowest BCUT2D eigenvalue weighted by Gasteiger charge is -2.53. The van der Waals surface area contributed by atoms with Gasteiger partial charge in [0, 0.05) is 49.3 Å². The van der Waals surface area contributed by atoms with E-state index >= 15 is 0 Å². The fraction of sp³-hybridized carbons (Fsp3) is 0.553. The first-order valence-corrected chi connectivity index (χ1v) is 19.5. The molecule has 53 heavy (non-hydrogen) atoms. The summed E-state index contributed by atoms with van der Waals surface area (Å²) in [7, 11) is 0. The van der Waals surface area contributed by atoms with Crippen LogP contribution >= 0.6 is 11.9 Å². The van der Waals surface area contributed by atoms with Gasteiger partial charge in [0.2, 0.25) is 11.8 Å². The van der Waals surface area contributed by atoms with Gasteiger partial charge in [-0.3, -0.25) is 23.9 Å². The van der Waals surface area contributed by atoms with Crippen molar-refractivity contribution < 1.29 is 29.0 Å². The highest BCUT2D eigenvalue weighted by Gasteiger charge is 2.50. The van der Waals surface area contributed by atoms with Crippen LogP contribution in [0, 0.1) is 11.7 Å². The van der Waals surface area contributed by atoms with Crippen LogP contribution in [-0.4, -0.2) is 105 Å². The minimum Gasteiger partial charge on any atom is -0.412 e. The number of H-pyrrole nitrogens is 1. The molecule has 15 heteroatoms. The molecule has 2 aliphatic carbocycles. The summed E-state index contributed by atoms with van der Waals surface area (Å²) in [4.78, 5) is 54.9. The molecule has 2 aromatic carbocycles. The Morgan fingerprint density at radius 2 is 1.70 bits per heavy atom. The van der Waals surface area contributed by atoms with Crippen molar-refractivity contribution in [3.63, 3.8) is 0 Å². The molecule has 5 fully saturated rings. The van der Waals surface area contributed by atoms with E-state index in [2.05, 4.69) is 20.2 Å². The number of halogens is 1. The van der Waals surface area contributed by atoms with Gasteiger partial charge >= 0.3 is 0 Å². The van der Waals surface area contributed by atoms with Crippen molar-refractivity contribution in [3.05, 3.63) is 75.5 Å². The lowest BCUT2D eigenvalue weighted by atomic mass is 9.72. The molecule has 8 rings (SSSR count). The molecule has 0 spiro atoms. The number of fused-ring (bicyclic) bond motifs is 4. The fourth-order valence-electron chi connectivity index (χ4n) is 8.24. The van der Waals surface area contributed by atoms with Gasteiger partial charge in [-0.25, -0.2) is 9.49 Å². The zero-order valence-electron chi connectivity index (χ0n) is 30.0. The molecule has 2 saturated carbocycles.